The van der Waals surface area contributed by atoms with Gasteiger partial charge < -0.3 is 14.4 Å². The maximum absolute atomic E-state index is 6.54. The van der Waals surface area contributed by atoms with Gasteiger partial charge in [-0.3, -0.25) is 0 Å². The molecule has 2 aromatic carbocycles. The average Bonchev–Trinajstić information content (AvgIpc) is 2.91. The first kappa shape index (κ1) is 17.3. The predicted octanol–water partition coefficient (Wildman–Crippen LogP) is 5.72. The van der Waals surface area contributed by atoms with Crippen molar-refractivity contribution in [3.63, 3.8) is 0 Å². The van der Waals surface area contributed by atoms with Gasteiger partial charge in [0, 0.05) is 6.20 Å². The molecule has 0 saturated carbocycles. The second-order valence-electron chi connectivity index (χ2n) is 7.99. The van der Waals surface area contributed by atoms with Gasteiger partial charge in [-0.15, -0.1) is 0 Å². The predicted molar refractivity (Wildman–Crippen MR) is 111 cm³/mol. The molecule has 0 aromatic heterocycles. The van der Waals surface area contributed by atoms with Gasteiger partial charge in [-0.25, -0.2) is 0 Å². The molecule has 0 saturated heterocycles. The number of nitrogens with zero attached hydrogens (tertiary/aromatic N) is 1. The zero-order valence-electron chi connectivity index (χ0n) is 16.8. The first-order valence-electron chi connectivity index (χ1n) is 9.89. The lowest BCUT2D eigenvalue weighted by atomic mass is 9.94. The van der Waals surface area contributed by atoms with Gasteiger partial charge in [0.2, 0.25) is 0 Å². The van der Waals surface area contributed by atoms with E-state index < -0.39 is 5.91 Å². The summed E-state index contributed by atoms with van der Waals surface area (Å²) in [5, 5.41) is 0. The van der Waals surface area contributed by atoms with Gasteiger partial charge in [-0.1, -0.05) is 54.1 Å². The first-order chi connectivity index (χ1) is 13.5. The molecule has 3 heteroatoms. The first-order valence-corrected chi connectivity index (χ1v) is 9.89. The van der Waals surface area contributed by atoms with Crippen LogP contribution in [0.15, 0.2) is 72.7 Å². The number of ether oxygens (including phenoxy) is 2. The van der Waals surface area contributed by atoms with E-state index in [1.165, 1.54) is 22.3 Å². The monoisotopic (exact) mass is 371 g/mol. The summed E-state index contributed by atoms with van der Waals surface area (Å²) < 4.78 is 13.0. The molecule has 3 nitrogen and oxygen atoms in total. The molecule has 0 fully saturated rings. The van der Waals surface area contributed by atoms with Crippen molar-refractivity contribution in [3.8, 4) is 0 Å². The fraction of sp³-hybridized carbons (Fsp3) is 0.280. The Balaban J connectivity index is 1.72. The number of aryl methyl sites for hydroxylation is 2. The maximum atomic E-state index is 6.54. The second-order valence-corrected chi connectivity index (χ2v) is 7.99. The van der Waals surface area contributed by atoms with Crippen LogP contribution in [0.1, 0.15) is 47.7 Å². The van der Waals surface area contributed by atoms with Gasteiger partial charge in [-0.2, -0.15) is 0 Å². The Morgan fingerprint density at radius 1 is 1.04 bits per heavy atom. The van der Waals surface area contributed by atoms with Crippen LogP contribution in [0.5, 0.6) is 0 Å². The van der Waals surface area contributed by atoms with Crippen LogP contribution in [0.4, 0.5) is 0 Å². The highest BCUT2D eigenvalue weighted by Gasteiger charge is 2.55. The molecule has 2 aromatic rings. The minimum absolute atomic E-state index is 0.0272. The molecule has 0 aliphatic carbocycles. The van der Waals surface area contributed by atoms with E-state index in [-0.39, 0.29) is 12.1 Å². The normalized spacial score (nSPS) is 27.8. The molecule has 3 unspecified atom stereocenters. The minimum Gasteiger partial charge on any atom is -0.445 e. The van der Waals surface area contributed by atoms with Crippen molar-refractivity contribution in [2.24, 2.45) is 0 Å². The quantitative estimate of drug-likeness (QED) is 0.640. The summed E-state index contributed by atoms with van der Waals surface area (Å²) in [6.07, 6.45) is 8.68. The molecule has 0 radical (unpaired) electrons. The smallest absolute Gasteiger partial charge is 0.324 e. The Morgan fingerprint density at radius 3 is 2.57 bits per heavy atom. The van der Waals surface area contributed by atoms with Gasteiger partial charge >= 0.3 is 5.91 Å². The van der Waals surface area contributed by atoms with Crippen LogP contribution >= 0.6 is 0 Å². The van der Waals surface area contributed by atoms with Crippen molar-refractivity contribution in [1.29, 1.82) is 0 Å². The topological polar surface area (TPSA) is 21.7 Å². The lowest BCUT2D eigenvalue weighted by molar-refractivity contribution is -0.318. The minimum atomic E-state index is -0.931. The van der Waals surface area contributed by atoms with Crippen LogP contribution in [0.25, 0.3) is 5.57 Å². The highest BCUT2D eigenvalue weighted by Crippen LogP contribution is 2.54. The molecule has 142 valence electrons. The molecule has 3 atom stereocenters. The number of fused-ring (bicyclic) bond motifs is 5. The largest absolute Gasteiger partial charge is 0.445 e. The molecule has 1 spiro atoms. The third-order valence-corrected chi connectivity index (χ3v) is 5.76. The average molecular weight is 371 g/mol. The third-order valence-electron chi connectivity index (χ3n) is 5.76. The number of hydrogen-bond donors (Lipinski definition) is 0. The summed E-state index contributed by atoms with van der Waals surface area (Å²) in [6, 6.07) is 15.0. The Morgan fingerprint density at radius 2 is 1.82 bits per heavy atom. The fourth-order valence-corrected chi connectivity index (χ4v) is 4.76. The molecular weight excluding hydrogens is 346 g/mol. The van der Waals surface area contributed by atoms with Gasteiger partial charge in [0.25, 0.3) is 0 Å². The molecule has 3 heterocycles. The van der Waals surface area contributed by atoms with Crippen molar-refractivity contribution >= 4 is 5.57 Å². The summed E-state index contributed by atoms with van der Waals surface area (Å²) in [6.45, 7) is 8.40. The Bertz CT molecular complexity index is 1030. The number of allylic oxidation sites excluding steroid dienone is 3. The highest BCUT2D eigenvalue weighted by molar-refractivity contribution is 5.75. The van der Waals surface area contributed by atoms with Gasteiger partial charge in [0.05, 0.1) is 23.5 Å². The molecule has 28 heavy (non-hydrogen) atoms. The lowest BCUT2D eigenvalue weighted by Gasteiger charge is -2.44. The number of hydrogen-bond acceptors (Lipinski definition) is 3. The molecule has 5 rings (SSSR count). The zero-order valence-corrected chi connectivity index (χ0v) is 16.8. The maximum Gasteiger partial charge on any atom is 0.324 e. The lowest BCUT2D eigenvalue weighted by Crippen LogP contribution is -2.48. The van der Waals surface area contributed by atoms with Crippen molar-refractivity contribution in [2.45, 2.75) is 45.8 Å². The van der Waals surface area contributed by atoms with Gasteiger partial charge in [0.1, 0.15) is 0 Å². The van der Waals surface area contributed by atoms with Crippen molar-refractivity contribution in [3.05, 3.63) is 100 Å². The Kier molecular flexibility index (Phi) is 3.78. The van der Waals surface area contributed by atoms with Crippen LogP contribution in [-0.4, -0.2) is 11.0 Å². The Labute approximate surface area is 166 Å². The highest BCUT2D eigenvalue weighted by atomic mass is 16.7. The summed E-state index contributed by atoms with van der Waals surface area (Å²) in [5.41, 5.74) is 7.24. The van der Waals surface area contributed by atoms with E-state index in [0.717, 1.165) is 16.9 Å². The van der Waals surface area contributed by atoms with Crippen LogP contribution in [-0.2, 0) is 15.4 Å². The molecule has 3 aliphatic heterocycles. The molecule has 0 amide bonds. The summed E-state index contributed by atoms with van der Waals surface area (Å²) in [5.74, 6) is -0.0338. The van der Waals surface area contributed by atoms with E-state index in [9.17, 15) is 0 Å². The second kappa shape index (κ2) is 6.11. The van der Waals surface area contributed by atoms with Gasteiger partial charge in [0.15, 0.2) is 0 Å². The zero-order chi connectivity index (χ0) is 19.5. The van der Waals surface area contributed by atoms with Crippen molar-refractivity contribution in [1.82, 2.24) is 4.90 Å². The third kappa shape index (κ3) is 2.46. The summed E-state index contributed by atoms with van der Waals surface area (Å²) >= 11 is 0. The fourth-order valence-electron chi connectivity index (χ4n) is 4.76. The van der Waals surface area contributed by atoms with Gasteiger partial charge in [-0.05, 0) is 62.1 Å². The van der Waals surface area contributed by atoms with Crippen LogP contribution < -0.4 is 0 Å². The standard InChI is InChI=1S/C25H25NO2/c1-16-12-17(2)24-22(13-16)25(27-18(3)14-19(4)28-25)26-15-21(10-11-23(24)26)20-8-6-5-7-9-20/h5-15,18,23H,1-4H3. The summed E-state index contributed by atoms with van der Waals surface area (Å²) in [7, 11) is 0. The summed E-state index contributed by atoms with van der Waals surface area (Å²) in [4.78, 5) is 2.25. The molecule has 3 aliphatic rings. The van der Waals surface area contributed by atoms with E-state index >= 15 is 0 Å². The molecule has 0 N–H and O–H groups in total. The van der Waals surface area contributed by atoms with Crippen molar-refractivity contribution in [2.75, 3.05) is 0 Å². The molecule has 0 bridgehead atoms. The van der Waals surface area contributed by atoms with E-state index in [4.69, 9.17) is 9.47 Å². The van der Waals surface area contributed by atoms with E-state index in [1.807, 2.05) is 19.1 Å². The number of rotatable bonds is 1. The van der Waals surface area contributed by atoms with E-state index in [0.29, 0.717) is 0 Å². The molecular formula is C25H25NO2. The Hall–Kier alpha value is -2.78. The van der Waals surface area contributed by atoms with Crippen LogP contribution in [0.2, 0.25) is 0 Å². The van der Waals surface area contributed by atoms with Crippen LogP contribution in [0, 0.1) is 13.8 Å². The van der Waals surface area contributed by atoms with Crippen LogP contribution in [0.3, 0.4) is 0 Å². The van der Waals surface area contributed by atoms with E-state index in [2.05, 4.69) is 80.4 Å². The SMILES string of the molecule is CC1=CC(C)OC2(O1)c1cc(C)cc(C)c1C1C=CC(c3ccccc3)=CN12. The number of benzene rings is 2. The van der Waals surface area contributed by atoms with Crippen molar-refractivity contribution < 1.29 is 9.47 Å². The van der Waals surface area contributed by atoms with E-state index in [1.54, 1.807) is 0 Å².